The van der Waals surface area contributed by atoms with E-state index in [1.165, 1.54) is 17.8 Å². The molecule has 1 aromatic carbocycles. The second kappa shape index (κ2) is 7.30. The van der Waals surface area contributed by atoms with Crippen molar-refractivity contribution in [1.29, 1.82) is 5.26 Å². The van der Waals surface area contributed by atoms with Gasteiger partial charge in [-0.25, -0.2) is 0 Å². The van der Waals surface area contributed by atoms with E-state index in [0.29, 0.717) is 5.75 Å². The Bertz CT molecular complexity index is 383. The molecule has 2 nitrogen and oxygen atoms in total. The molecule has 0 saturated carbocycles. The van der Waals surface area contributed by atoms with Crippen LogP contribution >= 0.6 is 11.8 Å². The summed E-state index contributed by atoms with van der Waals surface area (Å²) in [6, 6.07) is 9.84. The van der Waals surface area contributed by atoms with Gasteiger partial charge in [0.05, 0.1) is 0 Å². The molecule has 0 aliphatic rings. The van der Waals surface area contributed by atoms with E-state index >= 15 is 0 Å². The Hall–Kier alpha value is -1.01. The van der Waals surface area contributed by atoms with Crippen molar-refractivity contribution < 1.29 is 4.79 Å². The maximum atomic E-state index is 11.3. The standard InChI is InChI=1S/C11H9NOSSe/c12-9-15-7-6-11(13)14-8-10-4-2-1-3-5-10/h1-7H,8H2/b7-6-. The number of thioether (sulfide) groups is 1. The summed E-state index contributed by atoms with van der Waals surface area (Å²) in [6.07, 6.45) is 1.48. The summed E-state index contributed by atoms with van der Waals surface area (Å²) in [5.41, 5.74) is 1.13. The number of nitrogens with zero attached hydrogens (tertiary/aromatic N) is 1. The molecule has 76 valence electrons. The first-order chi connectivity index (χ1) is 7.33. The summed E-state index contributed by atoms with van der Waals surface area (Å²) in [4.78, 5) is 14.9. The zero-order valence-electron chi connectivity index (χ0n) is 7.92. The van der Waals surface area contributed by atoms with E-state index in [2.05, 4.69) is 0 Å². The number of carbonyl (C=O) groups is 1. The topological polar surface area (TPSA) is 40.9 Å². The van der Waals surface area contributed by atoms with Crippen molar-refractivity contribution in [3.8, 4) is 4.97 Å². The average Bonchev–Trinajstić information content (AvgIpc) is 2.28. The molecule has 0 N–H and O–H groups in total. The van der Waals surface area contributed by atoms with E-state index in [1.54, 1.807) is 4.97 Å². The second-order valence-corrected chi connectivity index (χ2v) is 5.03. The summed E-state index contributed by atoms with van der Waals surface area (Å²) < 4.78 is 0. The van der Waals surface area contributed by atoms with Crippen LogP contribution in [0.2, 0.25) is 0 Å². The fourth-order valence-electron chi connectivity index (χ4n) is 0.897. The summed E-state index contributed by atoms with van der Waals surface area (Å²) in [7, 11) is 0. The average molecular weight is 282 g/mol. The van der Waals surface area contributed by atoms with Gasteiger partial charge >= 0.3 is 99.6 Å². The van der Waals surface area contributed by atoms with E-state index in [0.717, 1.165) is 5.56 Å². The van der Waals surface area contributed by atoms with Crippen LogP contribution in [0.3, 0.4) is 0 Å². The molecule has 0 fully saturated rings. The van der Waals surface area contributed by atoms with Crippen LogP contribution in [0.25, 0.3) is 0 Å². The van der Waals surface area contributed by atoms with E-state index in [9.17, 15) is 4.79 Å². The molecule has 0 spiro atoms. The predicted octanol–water partition coefficient (Wildman–Crippen LogP) is 2.15. The Balaban J connectivity index is 2.32. The van der Waals surface area contributed by atoms with Gasteiger partial charge in [-0.3, -0.25) is 0 Å². The first-order valence-electron chi connectivity index (χ1n) is 4.25. The molecule has 0 unspecified atom stereocenters. The van der Waals surface area contributed by atoms with Crippen molar-refractivity contribution in [2.75, 3.05) is 0 Å². The molecule has 1 aromatic rings. The van der Waals surface area contributed by atoms with Crippen molar-refractivity contribution in [3.05, 3.63) is 46.9 Å². The van der Waals surface area contributed by atoms with Crippen LogP contribution < -0.4 is 0 Å². The minimum absolute atomic E-state index is 0.0102. The Labute approximate surface area is 99.5 Å². The molecule has 4 heteroatoms. The van der Waals surface area contributed by atoms with E-state index in [1.807, 2.05) is 35.3 Å². The number of carbonyl (C=O) groups excluding carboxylic acids is 1. The van der Waals surface area contributed by atoms with E-state index < -0.39 is 0 Å². The van der Waals surface area contributed by atoms with Crippen molar-refractivity contribution in [2.24, 2.45) is 0 Å². The molecule has 0 aliphatic carbocycles. The maximum absolute atomic E-state index is 11.3. The van der Waals surface area contributed by atoms with Crippen LogP contribution in [-0.4, -0.2) is 20.1 Å². The Kier molecular flexibility index (Phi) is 5.87. The molecule has 0 aromatic heterocycles. The normalized spacial score (nSPS) is 10.1. The Morgan fingerprint density at radius 1 is 1.47 bits per heavy atom. The van der Waals surface area contributed by atoms with Crippen molar-refractivity contribution in [2.45, 2.75) is 5.75 Å². The van der Waals surface area contributed by atoms with Gasteiger partial charge < -0.3 is 0 Å². The van der Waals surface area contributed by atoms with Gasteiger partial charge in [0.25, 0.3) is 0 Å². The number of rotatable bonds is 4. The van der Waals surface area contributed by atoms with Gasteiger partial charge in [0.2, 0.25) is 0 Å². The van der Waals surface area contributed by atoms with Crippen LogP contribution in [0.1, 0.15) is 5.56 Å². The quantitative estimate of drug-likeness (QED) is 0.627. The number of hydrogen-bond donors (Lipinski definition) is 0. The zero-order valence-corrected chi connectivity index (χ0v) is 10.5. The van der Waals surface area contributed by atoms with Gasteiger partial charge in [0, 0.05) is 0 Å². The summed E-state index contributed by atoms with van der Waals surface area (Å²) in [5, 5.41) is 8.31. The molecule has 0 amide bonds. The number of hydrogen-bond acceptors (Lipinski definition) is 3. The molecule has 1 rings (SSSR count). The van der Waals surface area contributed by atoms with Gasteiger partial charge in [-0.1, -0.05) is 0 Å². The molecular weight excluding hydrogens is 273 g/mol. The first kappa shape index (κ1) is 12.1. The third-order valence-corrected chi connectivity index (χ3v) is 3.24. The summed E-state index contributed by atoms with van der Waals surface area (Å²) in [6.45, 7) is 0. The van der Waals surface area contributed by atoms with E-state index in [4.69, 9.17) is 5.26 Å². The van der Waals surface area contributed by atoms with Gasteiger partial charge in [-0.05, 0) is 0 Å². The predicted molar refractivity (Wildman–Crippen MR) is 63.3 cm³/mol. The van der Waals surface area contributed by atoms with Crippen LogP contribution in [0.4, 0.5) is 0 Å². The third-order valence-electron chi connectivity index (χ3n) is 1.55. The van der Waals surface area contributed by atoms with Crippen LogP contribution in [0.5, 0.6) is 0 Å². The molecular formula is C11H9NOSSe. The van der Waals surface area contributed by atoms with Crippen molar-refractivity contribution in [3.63, 3.8) is 0 Å². The molecule has 0 radical (unpaired) electrons. The van der Waals surface area contributed by atoms with E-state index in [-0.39, 0.29) is 20.1 Å². The second-order valence-electron chi connectivity index (χ2n) is 2.61. The first-order valence-corrected chi connectivity index (χ1v) is 7.08. The zero-order chi connectivity index (χ0) is 10.9. The summed E-state index contributed by atoms with van der Waals surface area (Å²) in [5.74, 6) is 0.684. The van der Waals surface area contributed by atoms with Gasteiger partial charge in [-0.15, -0.1) is 0 Å². The molecule has 0 saturated heterocycles. The Morgan fingerprint density at radius 2 is 2.20 bits per heavy atom. The van der Waals surface area contributed by atoms with Crippen LogP contribution in [0.15, 0.2) is 41.4 Å². The van der Waals surface area contributed by atoms with Gasteiger partial charge in [0.15, 0.2) is 0 Å². The van der Waals surface area contributed by atoms with Crippen LogP contribution in [-0.2, 0) is 10.5 Å². The molecule has 15 heavy (non-hydrogen) atoms. The summed E-state index contributed by atoms with van der Waals surface area (Å²) >= 11 is 1.05. The van der Waals surface area contributed by atoms with Gasteiger partial charge in [0.1, 0.15) is 0 Å². The van der Waals surface area contributed by atoms with Crippen molar-refractivity contribution >= 4 is 31.8 Å². The SMILES string of the molecule is N#C[Se]/C=C\C(=O)SCc1ccccc1. The van der Waals surface area contributed by atoms with Crippen molar-refractivity contribution in [1.82, 2.24) is 0 Å². The molecule has 0 bridgehead atoms. The van der Waals surface area contributed by atoms with Gasteiger partial charge in [-0.2, -0.15) is 0 Å². The fraction of sp³-hybridized carbons (Fsp3) is 0.0909. The Morgan fingerprint density at radius 3 is 2.87 bits per heavy atom. The molecule has 0 heterocycles. The third kappa shape index (κ3) is 5.43. The molecule has 0 aliphatic heterocycles. The van der Waals surface area contributed by atoms with Crippen LogP contribution in [0, 0.1) is 10.2 Å². The monoisotopic (exact) mass is 283 g/mol. The number of nitriles is 1. The minimum atomic E-state index is -0.205. The number of benzene rings is 1. The molecule has 0 atom stereocenters. The fourth-order valence-corrected chi connectivity index (χ4v) is 2.29.